The monoisotopic (exact) mass is 466 g/mol. The molecule has 1 N–H and O–H groups in total. The highest BCUT2D eigenvalue weighted by atomic mass is 127. The molecule has 0 saturated carbocycles. The molecule has 0 bridgehead atoms. The van der Waals surface area contributed by atoms with Crippen LogP contribution < -0.4 is 10.1 Å². The first-order valence-electron chi connectivity index (χ1n) is 7.58. The van der Waals surface area contributed by atoms with E-state index in [4.69, 9.17) is 4.74 Å². The van der Waals surface area contributed by atoms with Gasteiger partial charge in [-0.3, -0.25) is 10.1 Å². The number of anilines is 1. The molecule has 0 fully saturated rings. The highest BCUT2D eigenvalue weighted by molar-refractivity contribution is 14.1. The van der Waals surface area contributed by atoms with Crippen molar-refractivity contribution in [3.8, 4) is 17.0 Å². The van der Waals surface area contributed by atoms with Gasteiger partial charge in [-0.25, -0.2) is 9.37 Å². The van der Waals surface area contributed by atoms with Gasteiger partial charge in [0.15, 0.2) is 5.13 Å². The number of carbonyl (C=O) groups is 1. The number of rotatable bonds is 3. The van der Waals surface area contributed by atoms with Crippen LogP contribution in [0.15, 0.2) is 41.8 Å². The van der Waals surface area contributed by atoms with E-state index in [1.54, 1.807) is 0 Å². The number of hydrogen-bond acceptors (Lipinski definition) is 4. The van der Waals surface area contributed by atoms with Crippen molar-refractivity contribution >= 4 is 45.0 Å². The van der Waals surface area contributed by atoms with E-state index in [1.165, 1.54) is 35.1 Å². The Morgan fingerprint density at radius 2 is 2.16 bits per heavy atom. The van der Waals surface area contributed by atoms with Gasteiger partial charge < -0.3 is 4.74 Å². The van der Waals surface area contributed by atoms with Gasteiger partial charge in [-0.05, 0) is 64.6 Å². The molecule has 4 rings (SSSR count). The van der Waals surface area contributed by atoms with Crippen LogP contribution in [-0.2, 0) is 6.42 Å². The molecule has 0 aliphatic carbocycles. The lowest BCUT2D eigenvalue weighted by molar-refractivity contribution is 0.102. The van der Waals surface area contributed by atoms with E-state index in [0.717, 1.165) is 23.4 Å². The summed E-state index contributed by atoms with van der Waals surface area (Å²) >= 11 is 3.30. The molecule has 0 spiro atoms. The fraction of sp³-hybridized carbons (Fsp3) is 0.111. The molecule has 4 nitrogen and oxygen atoms in total. The number of halogens is 2. The average molecular weight is 466 g/mol. The molecule has 0 unspecified atom stereocenters. The zero-order chi connectivity index (χ0) is 17.4. The van der Waals surface area contributed by atoms with Gasteiger partial charge in [0, 0.05) is 20.9 Å². The summed E-state index contributed by atoms with van der Waals surface area (Å²) in [6.07, 6.45) is 0.903. The first-order chi connectivity index (χ1) is 12.1. The Kier molecular flexibility index (Phi) is 4.43. The summed E-state index contributed by atoms with van der Waals surface area (Å²) in [6.45, 7) is 0.716. The summed E-state index contributed by atoms with van der Waals surface area (Å²) in [5, 5.41) is 5.19. The highest BCUT2D eigenvalue weighted by Crippen LogP contribution is 2.32. The van der Waals surface area contributed by atoms with Crippen molar-refractivity contribution in [2.75, 3.05) is 11.9 Å². The number of thiazole rings is 1. The summed E-state index contributed by atoms with van der Waals surface area (Å²) in [4.78, 5) is 16.8. The van der Waals surface area contributed by atoms with Gasteiger partial charge in [-0.15, -0.1) is 11.3 Å². The van der Waals surface area contributed by atoms with E-state index in [2.05, 4.69) is 16.4 Å². The van der Waals surface area contributed by atoms with Crippen molar-refractivity contribution in [1.29, 1.82) is 0 Å². The van der Waals surface area contributed by atoms with E-state index in [0.29, 0.717) is 20.9 Å². The molecule has 126 valence electrons. The molecule has 2 aromatic carbocycles. The quantitative estimate of drug-likeness (QED) is 0.568. The van der Waals surface area contributed by atoms with E-state index in [1.807, 2.05) is 40.1 Å². The third-order valence-corrected chi connectivity index (χ3v) is 5.54. The van der Waals surface area contributed by atoms with Gasteiger partial charge in [0.1, 0.15) is 11.6 Å². The summed E-state index contributed by atoms with van der Waals surface area (Å²) < 4.78 is 19.2. The molecule has 1 aliphatic heterocycles. The number of aromatic nitrogens is 1. The Bertz CT molecular complexity index is 973. The predicted molar refractivity (Wildman–Crippen MR) is 104 cm³/mol. The van der Waals surface area contributed by atoms with Crippen molar-refractivity contribution in [3.05, 3.63) is 62.3 Å². The molecule has 0 atom stereocenters. The Morgan fingerprint density at radius 1 is 1.28 bits per heavy atom. The van der Waals surface area contributed by atoms with Crippen molar-refractivity contribution in [3.63, 3.8) is 0 Å². The van der Waals surface area contributed by atoms with Crippen molar-refractivity contribution < 1.29 is 13.9 Å². The van der Waals surface area contributed by atoms with Gasteiger partial charge in [0.25, 0.3) is 5.91 Å². The van der Waals surface area contributed by atoms with Crippen LogP contribution in [0.25, 0.3) is 11.3 Å². The fourth-order valence-electron chi connectivity index (χ4n) is 2.65. The third-order valence-electron chi connectivity index (χ3n) is 3.89. The van der Waals surface area contributed by atoms with Crippen LogP contribution in [0.2, 0.25) is 0 Å². The maximum atomic E-state index is 13.2. The van der Waals surface area contributed by atoms with Gasteiger partial charge in [0.05, 0.1) is 17.9 Å². The molecular weight excluding hydrogens is 454 g/mol. The molecule has 1 aliphatic rings. The number of nitrogens with one attached hydrogen (secondary N) is 1. The number of nitrogens with zero attached hydrogens (tertiary/aromatic N) is 1. The van der Waals surface area contributed by atoms with Gasteiger partial charge in [0.2, 0.25) is 0 Å². The van der Waals surface area contributed by atoms with Gasteiger partial charge >= 0.3 is 0 Å². The lowest BCUT2D eigenvalue weighted by Gasteiger charge is -2.04. The van der Waals surface area contributed by atoms with E-state index < -0.39 is 0 Å². The van der Waals surface area contributed by atoms with Crippen LogP contribution in [0.1, 0.15) is 15.9 Å². The minimum atomic E-state index is -0.363. The lowest BCUT2D eigenvalue weighted by Crippen LogP contribution is -2.13. The van der Waals surface area contributed by atoms with Gasteiger partial charge in [-0.2, -0.15) is 0 Å². The second-order valence-corrected chi connectivity index (χ2v) is 7.56. The number of carbonyl (C=O) groups excluding carboxylic acids is 1. The number of amides is 1. The minimum absolute atomic E-state index is 0.298. The maximum absolute atomic E-state index is 13.2. The fourth-order valence-corrected chi connectivity index (χ4v) is 4.08. The summed E-state index contributed by atoms with van der Waals surface area (Å²) in [6, 6.07) is 10.1. The predicted octanol–water partition coefficient (Wildman–Crippen LogP) is 4.74. The molecule has 7 heteroatoms. The van der Waals surface area contributed by atoms with E-state index >= 15 is 0 Å². The van der Waals surface area contributed by atoms with E-state index in [9.17, 15) is 9.18 Å². The van der Waals surface area contributed by atoms with Crippen LogP contribution in [0.5, 0.6) is 5.75 Å². The normalized spacial score (nSPS) is 12.6. The minimum Gasteiger partial charge on any atom is -0.493 e. The van der Waals surface area contributed by atoms with Crippen LogP contribution in [0.3, 0.4) is 0 Å². The summed E-state index contributed by atoms with van der Waals surface area (Å²) in [7, 11) is 0. The zero-order valence-electron chi connectivity index (χ0n) is 12.9. The Balaban J connectivity index is 1.54. The topological polar surface area (TPSA) is 51.2 Å². The number of fused-ring (bicyclic) bond motifs is 1. The highest BCUT2D eigenvalue weighted by Gasteiger charge is 2.16. The molecule has 1 aromatic heterocycles. The summed E-state index contributed by atoms with van der Waals surface area (Å²) in [5.74, 6) is 0.268. The number of hydrogen-bond donors (Lipinski definition) is 1. The lowest BCUT2D eigenvalue weighted by atomic mass is 10.1. The average Bonchev–Trinajstić information content (AvgIpc) is 3.22. The van der Waals surface area contributed by atoms with Crippen molar-refractivity contribution in [2.45, 2.75) is 6.42 Å². The Labute approximate surface area is 161 Å². The first kappa shape index (κ1) is 16.5. The molecular formula is C18H12FIN2O2S. The second-order valence-electron chi connectivity index (χ2n) is 5.54. The second kappa shape index (κ2) is 6.72. The molecule has 0 saturated heterocycles. The Hall–Kier alpha value is -2.00. The molecule has 2 heterocycles. The maximum Gasteiger partial charge on any atom is 0.258 e. The SMILES string of the molecule is O=C(Nc1nc(-c2ccc3c(c2)CCO3)cs1)c1ccc(F)cc1I. The standard InChI is InChI=1S/C18H12FIN2O2S/c19-12-2-3-13(14(20)8-12)17(23)22-18-21-15(9-25-18)10-1-4-16-11(7-10)5-6-24-16/h1-4,7-9H,5-6H2,(H,21,22,23). The smallest absolute Gasteiger partial charge is 0.258 e. The van der Waals surface area contributed by atoms with Crippen LogP contribution in [0.4, 0.5) is 9.52 Å². The van der Waals surface area contributed by atoms with Crippen LogP contribution in [-0.4, -0.2) is 17.5 Å². The molecule has 25 heavy (non-hydrogen) atoms. The largest absolute Gasteiger partial charge is 0.493 e. The van der Waals surface area contributed by atoms with E-state index in [-0.39, 0.29) is 11.7 Å². The molecule has 0 radical (unpaired) electrons. The summed E-state index contributed by atoms with van der Waals surface area (Å²) in [5.41, 5.74) is 3.41. The van der Waals surface area contributed by atoms with Gasteiger partial charge in [-0.1, -0.05) is 0 Å². The first-order valence-corrected chi connectivity index (χ1v) is 9.54. The molecule has 1 amide bonds. The van der Waals surface area contributed by atoms with Crippen LogP contribution in [0, 0.1) is 9.39 Å². The van der Waals surface area contributed by atoms with Crippen molar-refractivity contribution in [1.82, 2.24) is 4.98 Å². The van der Waals surface area contributed by atoms with Crippen LogP contribution >= 0.6 is 33.9 Å². The Morgan fingerprint density at radius 3 is 3.00 bits per heavy atom. The number of benzene rings is 2. The number of ether oxygens (including phenoxy) is 1. The third kappa shape index (κ3) is 3.38. The van der Waals surface area contributed by atoms with Crippen molar-refractivity contribution in [2.24, 2.45) is 0 Å². The molecule has 3 aromatic rings. The zero-order valence-corrected chi connectivity index (χ0v) is 15.9.